The summed E-state index contributed by atoms with van der Waals surface area (Å²) in [6, 6.07) is 0. The number of esters is 1. The van der Waals surface area contributed by atoms with Crippen LogP contribution in [0.25, 0.3) is 5.53 Å². The largest absolute Gasteiger partial charge is 0.457 e. The summed E-state index contributed by atoms with van der Waals surface area (Å²) in [4.78, 5) is 13.4. The van der Waals surface area contributed by atoms with Gasteiger partial charge in [-0.2, -0.15) is 4.79 Å². The van der Waals surface area contributed by atoms with Gasteiger partial charge in [0.2, 0.25) is 0 Å². The molecule has 6 heteroatoms. The third kappa shape index (κ3) is 7.92. The Morgan fingerprint density at radius 2 is 1.79 bits per heavy atom. The van der Waals surface area contributed by atoms with Crippen LogP contribution in [0.15, 0.2) is 0 Å². The Bertz CT molecular complexity index is 331. The molecule has 0 amide bonds. The number of nitrogens with zero attached hydrogens (tertiary/aromatic N) is 2. The van der Waals surface area contributed by atoms with Gasteiger partial charge in [-0.05, 0) is 37.4 Å². The number of ether oxygens (including phenoxy) is 1. The van der Waals surface area contributed by atoms with Crippen molar-refractivity contribution in [3.05, 3.63) is 5.53 Å². The van der Waals surface area contributed by atoms with Gasteiger partial charge in [0, 0.05) is 6.61 Å². The number of hydrogen-bond donors (Lipinski definition) is 0. The molecule has 19 heavy (non-hydrogen) atoms. The minimum absolute atomic E-state index is 0.242. The van der Waals surface area contributed by atoms with E-state index in [1.807, 2.05) is 0 Å². The summed E-state index contributed by atoms with van der Waals surface area (Å²) in [7, 11) is -1.63. The van der Waals surface area contributed by atoms with E-state index in [9.17, 15) is 4.79 Å². The van der Waals surface area contributed by atoms with Crippen molar-refractivity contribution in [1.82, 2.24) is 0 Å². The molecule has 0 rings (SSSR count). The van der Waals surface area contributed by atoms with E-state index in [0.717, 1.165) is 32.1 Å². The molecule has 0 aliphatic carbocycles. The summed E-state index contributed by atoms with van der Waals surface area (Å²) in [5.74, 6) is -0.611. The molecule has 0 bridgehead atoms. The summed E-state index contributed by atoms with van der Waals surface area (Å²) < 4.78 is 10.8. The van der Waals surface area contributed by atoms with E-state index in [2.05, 4.69) is 38.7 Å². The molecule has 110 valence electrons. The molecule has 0 aromatic heterocycles. The van der Waals surface area contributed by atoms with Gasteiger partial charge in [-0.15, -0.1) is 0 Å². The average Bonchev–Trinajstić information content (AvgIpc) is 2.26. The van der Waals surface area contributed by atoms with Crippen LogP contribution in [0.4, 0.5) is 0 Å². The molecule has 0 spiro atoms. The van der Waals surface area contributed by atoms with Crippen molar-refractivity contribution in [1.29, 1.82) is 0 Å². The minimum Gasteiger partial charge on any atom is -0.457 e. The van der Waals surface area contributed by atoms with Gasteiger partial charge in [-0.1, -0.05) is 20.8 Å². The van der Waals surface area contributed by atoms with E-state index in [0.29, 0.717) is 6.61 Å². The highest BCUT2D eigenvalue weighted by Gasteiger charge is 2.36. The van der Waals surface area contributed by atoms with Crippen LogP contribution >= 0.6 is 0 Å². The maximum Gasteiger partial charge on any atom is 0.413 e. The lowest BCUT2D eigenvalue weighted by Gasteiger charge is -2.36. The standard InChI is InChI=1S/C13H26N2O3Si/c1-13(2,3)19(4,5)18-10-8-6-7-9-17-12(16)11-15-14/h11H,6-10H2,1-5H3. The molecular weight excluding hydrogens is 260 g/mol. The number of carbonyl (C=O) groups excluding carboxylic acids is 1. The molecule has 5 nitrogen and oxygen atoms in total. The van der Waals surface area contributed by atoms with Gasteiger partial charge in [0.1, 0.15) is 0 Å². The number of carbonyl (C=O) groups is 1. The zero-order chi connectivity index (χ0) is 14.9. The van der Waals surface area contributed by atoms with E-state index in [1.165, 1.54) is 0 Å². The lowest BCUT2D eigenvalue weighted by molar-refractivity contribution is -0.139. The van der Waals surface area contributed by atoms with Crippen LogP contribution in [-0.4, -0.2) is 38.5 Å². The van der Waals surface area contributed by atoms with Crippen LogP contribution in [-0.2, 0) is 14.0 Å². The summed E-state index contributed by atoms with van der Waals surface area (Å²) in [5, 5.41) is 0.242. The van der Waals surface area contributed by atoms with Gasteiger partial charge in [0.15, 0.2) is 8.32 Å². The van der Waals surface area contributed by atoms with E-state index in [4.69, 9.17) is 14.7 Å². The Kier molecular flexibility index (Phi) is 7.83. The fourth-order valence-electron chi connectivity index (χ4n) is 1.18. The molecule has 0 fully saturated rings. The fourth-order valence-corrected chi connectivity index (χ4v) is 2.27. The zero-order valence-electron chi connectivity index (χ0n) is 12.7. The second-order valence-corrected chi connectivity index (χ2v) is 10.9. The van der Waals surface area contributed by atoms with Crippen molar-refractivity contribution in [3.8, 4) is 0 Å². The van der Waals surface area contributed by atoms with E-state index >= 15 is 0 Å². The number of hydrogen-bond acceptors (Lipinski definition) is 3. The fraction of sp³-hybridized carbons (Fsp3) is 0.846. The molecule has 0 aliphatic rings. The predicted octanol–water partition coefficient (Wildman–Crippen LogP) is 3.02. The van der Waals surface area contributed by atoms with Gasteiger partial charge in [0.25, 0.3) is 0 Å². The normalized spacial score (nSPS) is 11.8. The smallest absolute Gasteiger partial charge is 0.413 e. The lowest BCUT2D eigenvalue weighted by Crippen LogP contribution is -2.40. The Labute approximate surface area is 117 Å². The molecule has 0 unspecified atom stereocenters. The molecule has 0 atom stereocenters. The summed E-state index contributed by atoms with van der Waals surface area (Å²) in [6.07, 6.45) is 3.47. The Balaban J connectivity index is 3.62. The van der Waals surface area contributed by atoms with Crippen LogP contribution in [0.1, 0.15) is 40.0 Å². The van der Waals surface area contributed by atoms with Crippen molar-refractivity contribution >= 4 is 20.5 Å². The summed E-state index contributed by atoms with van der Waals surface area (Å²) in [6.45, 7) is 12.3. The van der Waals surface area contributed by atoms with Crippen molar-refractivity contribution in [2.45, 2.75) is 58.2 Å². The molecule has 0 saturated carbocycles. The SMILES string of the molecule is CC(C)(C)[Si](C)(C)OCCCCCOC(=O)C=[N+]=[N-]. The first-order chi connectivity index (χ1) is 8.70. The monoisotopic (exact) mass is 286 g/mol. The van der Waals surface area contributed by atoms with Crippen molar-refractivity contribution < 1.29 is 18.7 Å². The van der Waals surface area contributed by atoms with E-state index in [-0.39, 0.29) is 5.04 Å². The van der Waals surface area contributed by atoms with Gasteiger partial charge >= 0.3 is 12.2 Å². The molecule has 0 aliphatic heterocycles. The van der Waals surface area contributed by atoms with E-state index < -0.39 is 14.3 Å². The molecule has 0 heterocycles. The van der Waals surface area contributed by atoms with Crippen LogP contribution in [0, 0.1) is 0 Å². The molecule has 0 aromatic rings. The van der Waals surface area contributed by atoms with Crippen molar-refractivity contribution in [2.24, 2.45) is 0 Å². The lowest BCUT2D eigenvalue weighted by atomic mass is 10.2. The maximum atomic E-state index is 10.8. The topological polar surface area (TPSA) is 71.9 Å². The maximum absolute atomic E-state index is 10.8. The van der Waals surface area contributed by atoms with Crippen LogP contribution in [0.3, 0.4) is 0 Å². The first kappa shape index (κ1) is 18.0. The molecular formula is C13H26N2O3Si. The second-order valence-electron chi connectivity index (χ2n) is 6.08. The molecule has 0 aromatic carbocycles. The van der Waals surface area contributed by atoms with E-state index in [1.54, 1.807) is 0 Å². The first-order valence-corrected chi connectivity index (χ1v) is 9.59. The second kappa shape index (κ2) is 8.25. The van der Waals surface area contributed by atoms with Crippen LogP contribution in [0.2, 0.25) is 18.1 Å². The third-order valence-electron chi connectivity index (χ3n) is 3.47. The van der Waals surface area contributed by atoms with Gasteiger partial charge in [-0.25, -0.2) is 4.79 Å². The number of rotatable bonds is 8. The zero-order valence-corrected chi connectivity index (χ0v) is 13.7. The van der Waals surface area contributed by atoms with Crippen LogP contribution in [0.5, 0.6) is 0 Å². The highest BCUT2D eigenvalue weighted by Crippen LogP contribution is 2.36. The minimum atomic E-state index is -1.63. The molecule has 0 radical (unpaired) electrons. The Morgan fingerprint density at radius 3 is 2.32 bits per heavy atom. The predicted molar refractivity (Wildman–Crippen MR) is 77.6 cm³/mol. The van der Waals surface area contributed by atoms with Gasteiger partial charge in [0.05, 0.1) is 6.61 Å². The quantitative estimate of drug-likeness (QED) is 0.172. The van der Waals surface area contributed by atoms with Gasteiger partial charge in [-0.3, -0.25) is 0 Å². The highest BCUT2D eigenvalue weighted by atomic mass is 28.4. The summed E-state index contributed by atoms with van der Waals surface area (Å²) in [5.41, 5.74) is 8.11. The van der Waals surface area contributed by atoms with Gasteiger partial charge < -0.3 is 14.7 Å². The van der Waals surface area contributed by atoms with Crippen molar-refractivity contribution in [3.63, 3.8) is 0 Å². The van der Waals surface area contributed by atoms with Crippen molar-refractivity contribution in [2.75, 3.05) is 13.2 Å². The summed E-state index contributed by atoms with van der Waals surface area (Å²) >= 11 is 0. The van der Waals surface area contributed by atoms with Crippen LogP contribution < -0.4 is 0 Å². The third-order valence-corrected chi connectivity index (χ3v) is 8.00. The molecule has 0 saturated heterocycles. The Morgan fingerprint density at radius 1 is 1.21 bits per heavy atom. The number of unbranched alkanes of at least 4 members (excludes halogenated alkanes) is 2. The Hall–Kier alpha value is -0.973. The average molecular weight is 286 g/mol. The highest BCUT2D eigenvalue weighted by molar-refractivity contribution is 6.74. The molecule has 0 N–H and O–H groups in total. The first-order valence-electron chi connectivity index (χ1n) is 6.69.